The molecule has 1 aliphatic rings. The van der Waals surface area contributed by atoms with Crippen molar-refractivity contribution in [1.82, 2.24) is 10.2 Å². The number of hydrogen-bond donors (Lipinski definition) is 1. The highest BCUT2D eigenvalue weighted by atomic mass is 16.2. The van der Waals surface area contributed by atoms with E-state index in [-0.39, 0.29) is 11.8 Å². The first-order valence-corrected chi connectivity index (χ1v) is 7.36. The number of carbonyl (C=O) groups is 2. The average molecular weight is 286 g/mol. The lowest BCUT2D eigenvalue weighted by Gasteiger charge is -2.26. The Morgan fingerprint density at radius 2 is 2.05 bits per heavy atom. The summed E-state index contributed by atoms with van der Waals surface area (Å²) in [6.45, 7) is 7.59. The second kappa shape index (κ2) is 6.57. The summed E-state index contributed by atoms with van der Waals surface area (Å²) in [5.41, 5.74) is 3.68. The zero-order chi connectivity index (χ0) is 15.4. The highest BCUT2D eigenvalue weighted by molar-refractivity contribution is 5.97. The van der Waals surface area contributed by atoms with Gasteiger partial charge in [0, 0.05) is 30.8 Å². The molecule has 2 amide bonds. The van der Waals surface area contributed by atoms with Gasteiger partial charge in [-0.2, -0.15) is 0 Å². The first kappa shape index (κ1) is 15.3. The Kier molecular flexibility index (Phi) is 4.78. The molecule has 4 nitrogen and oxygen atoms in total. The van der Waals surface area contributed by atoms with E-state index in [1.807, 2.05) is 45.0 Å². The van der Waals surface area contributed by atoms with Crippen LogP contribution in [-0.2, 0) is 4.79 Å². The Morgan fingerprint density at radius 1 is 1.29 bits per heavy atom. The van der Waals surface area contributed by atoms with Crippen molar-refractivity contribution in [2.75, 3.05) is 19.6 Å². The molecule has 0 saturated carbocycles. The minimum Gasteiger partial charge on any atom is -0.353 e. The largest absolute Gasteiger partial charge is 0.353 e. The summed E-state index contributed by atoms with van der Waals surface area (Å²) < 4.78 is 0. The Bertz CT molecular complexity index is 590. The van der Waals surface area contributed by atoms with E-state index in [9.17, 15) is 9.59 Å². The van der Waals surface area contributed by atoms with Crippen LogP contribution in [0.5, 0.6) is 0 Å². The molecule has 0 spiro atoms. The lowest BCUT2D eigenvalue weighted by molar-refractivity contribution is -0.117. The lowest BCUT2D eigenvalue weighted by Crippen LogP contribution is -2.37. The van der Waals surface area contributed by atoms with Gasteiger partial charge < -0.3 is 10.2 Å². The van der Waals surface area contributed by atoms with Gasteiger partial charge in [-0.25, -0.2) is 0 Å². The van der Waals surface area contributed by atoms with Gasteiger partial charge in [0.25, 0.3) is 5.91 Å². The smallest absolute Gasteiger partial charge is 0.254 e. The number of likely N-dealkylation sites (N-methyl/N-ethyl adjacent to an activating group) is 1. The van der Waals surface area contributed by atoms with Gasteiger partial charge in [0.05, 0.1) is 0 Å². The van der Waals surface area contributed by atoms with E-state index in [0.717, 1.165) is 22.3 Å². The molecule has 112 valence electrons. The highest BCUT2D eigenvalue weighted by Crippen LogP contribution is 2.17. The molecule has 0 aliphatic carbocycles. The maximum atomic E-state index is 12.5. The third kappa shape index (κ3) is 3.51. The third-order valence-corrected chi connectivity index (χ3v) is 3.74. The fraction of sp³-hybridized carbons (Fsp3) is 0.412. The standard InChI is InChI=1S/C17H22N2O2/c1-4-18-16(20)14-7-9-19(10-8-14)17(21)15-6-5-12(2)11-13(15)3/h5-7,11H,4,8-10H2,1-3H3,(H,18,20). The summed E-state index contributed by atoms with van der Waals surface area (Å²) in [7, 11) is 0. The van der Waals surface area contributed by atoms with Crippen molar-refractivity contribution < 1.29 is 9.59 Å². The number of aryl methyl sites for hydroxylation is 2. The molecule has 1 heterocycles. The molecule has 1 aromatic carbocycles. The number of nitrogens with zero attached hydrogens (tertiary/aromatic N) is 1. The summed E-state index contributed by atoms with van der Waals surface area (Å²) in [6, 6.07) is 5.86. The van der Waals surface area contributed by atoms with Crippen molar-refractivity contribution in [3.8, 4) is 0 Å². The fourth-order valence-corrected chi connectivity index (χ4v) is 2.56. The zero-order valence-corrected chi connectivity index (χ0v) is 12.9. The normalized spacial score (nSPS) is 14.6. The first-order chi connectivity index (χ1) is 10.0. The van der Waals surface area contributed by atoms with Crippen LogP contribution in [0.4, 0.5) is 0 Å². The van der Waals surface area contributed by atoms with E-state index in [4.69, 9.17) is 0 Å². The molecule has 0 atom stereocenters. The van der Waals surface area contributed by atoms with Crippen LogP contribution in [0.2, 0.25) is 0 Å². The van der Waals surface area contributed by atoms with E-state index >= 15 is 0 Å². The van der Waals surface area contributed by atoms with Crippen molar-refractivity contribution in [3.63, 3.8) is 0 Å². The van der Waals surface area contributed by atoms with E-state index in [1.54, 1.807) is 4.90 Å². The molecule has 1 aliphatic heterocycles. The van der Waals surface area contributed by atoms with E-state index in [1.165, 1.54) is 0 Å². The van der Waals surface area contributed by atoms with E-state index in [0.29, 0.717) is 26.1 Å². The topological polar surface area (TPSA) is 49.4 Å². The Labute approximate surface area is 125 Å². The molecule has 2 rings (SSSR count). The van der Waals surface area contributed by atoms with Crippen LogP contribution in [0.1, 0.15) is 34.8 Å². The van der Waals surface area contributed by atoms with Crippen LogP contribution < -0.4 is 5.32 Å². The number of nitrogens with one attached hydrogen (secondary N) is 1. The quantitative estimate of drug-likeness (QED) is 0.926. The maximum Gasteiger partial charge on any atom is 0.254 e. The van der Waals surface area contributed by atoms with Crippen molar-refractivity contribution in [2.45, 2.75) is 27.2 Å². The molecular weight excluding hydrogens is 264 g/mol. The molecular formula is C17H22N2O2. The lowest BCUT2D eigenvalue weighted by atomic mass is 10.0. The first-order valence-electron chi connectivity index (χ1n) is 7.36. The predicted octanol–water partition coefficient (Wildman–Crippen LogP) is 2.21. The number of rotatable bonds is 3. The van der Waals surface area contributed by atoms with Gasteiger partial charge in [0.2, 0.25) is 5.91 Å². The molecule has 1 aromatic rings. The van der Waals surface area contributed by atoms with Gasteiger partial charge in [-0.3, -0.25) is 9.59 Å². The Balaban J connectivity index is 2.08. The number of benzene rings is 1. The van der Waals surface area contributed by atoms with E-state index in [2.05, 4.69) is 5.32 Å². The van der Waals surface area contributed by atoms with Gasteiger partial charge in [-0.15, -0.1) is 0 Å². The number of carbonyl (C=O) groups excluding carboxylic acids is 2. The minimum atomic E-state index is -0.0175. The molecule has 0 aromatic heterocycles. The third-order valence-electron chi connectivity index (χ3n) is 3.74. The molecule has 1 N–H and O–H groups in total. The summed E-state index contributed by atoms with van der Waals surface area (Å²) >= 11 is 0. The van der Waals surface area contributed by atoms with Crippen molar-refractivity contribution >= 4 is 11.8 Å². The van der Waals surface area contributed by atoms with Gasteiger partial charge in [0.15, 0.2) is 0 Å². The van der Waals surface area contributed by atoms with Crippen LogP contribution in [-0.4, -0.2) is 36.3 Å². The zero-order valence-electron chi connectivity index (χ0n) is 12.9. The summed E-state index contributed by atoms with van der Waals surface area (Å²) in [5, 5.41) is 2.80. The minimum absolute atomic E-state index is 0.0175. The molecule has 0 saturated heterocycles. The van der Waals surface area contributed by atoms with Crippen molar-refractivity contribution in [3.05, 3.63) is 46.5 Å². The second-order valence-corrected chi connectivity index (χ2v) is 5.41. The van der Waals surface area contributed by atoms with Gasteiger partial charge in [0.1, 0.15) is 0 Å². The highest BCUT2D eigenvalue weighted by Gasteiger charge is 2.22. The summed E-state index contributed by atoms with van der Waals surface area (Å²) in [4.78, 5) is 26.1. The van der Waals surface area contributed by atoms with Gasteiger partial charge in [-0.05, 0) is 38.8 Å². The van der Waals surface area contributed by atoms with Gasteiger partial charge >= 0.3 is 0 Å². The van der Waals surface area contributed by atoms with Crippen LogP contribution in [0.3, 0.4) is 0 Å². The number of hydrogen-bond acceptors (Lipinski definition) is 2. The van der Waals surface area contributed by atoms with E-state index < -0.39 is 0 Å². The van der Waals surface area contributed by atoms with Crippen LogP contribution in [0.25, 0.3) is 0 Å². The molecule has 0 fully saturated rings. The Hall–Kier alpha value is -2.10. The average Bonchev–Trinajstić information content (AvgIpc) is 2.47. The molecule has 4 heteroatoms. The summed E-state index contributed by atoms with van der Waals surface area (Å²) in [5.74, 6) is 0.0230. The van der Waals surface area contributed by atoms with Crippen LogP contribution in [0, 0.1) is 13.8 Å². The predicted molar refractivity (Wildman–Crippen MR) is 83.2 cm³/mol. The van der Waals surface area contributed by atoms with Crippen molar-refractivity contribution in [2.24, 2.45) is 0 Å². The van der Waals surface area contributed by atoms with Crippen LogP contribution in [0.15, 0.2) is 29.8 Å². The molecule has 0 radical (unpaired) electrons. The second-order valence-electron chi connectivity index (χ2n) is 5.41. The maximum absolute atomic E-state index is 12.5. The molecule has 21 heavy (non-hydrogen) atoms. The summed E-state index contributed by atoms with van der Waals surface area (Å²) in [6.07, 6.45) is 2.47. The van der Waals surface area contributed by atoms with Crippen molar-refractivity contribution in [1.29, 1.82) is 0 Å². The Morgan fingerprint density at radius 3 is 2.62 bits per heavy atom. The van der Waals surface area contributed by atoms with Crippen LogP contribution >= 0.6 is 0 Å². The molecule has 0 bridgehead atoms. The SMILES string of the molecule is CCNC(=O)C1=CCN(C(=O)c2ccc(C)cc2C)CC1. The monoisotopic (exact) mass is 286 g/mol. The fourth-order valence-electron chi connectivity index (χ4n) is 2.56. The number of amides is 2. The molecule has 0 unspecified atom stereocenters. The van der Waals surface area contributed by atoms with Gasteiger partial charge in [-0.1, -0.05) is 23.8 Å².